The molecule has 1 aliphatic rings. The van der Waals surface area contributed by atoms with E-state index in [9.17, 15) is 5.11 Å². The molecule has 1 aromatic carbocycles. The molecule has 100 valence electrons. The van der Waals surface area contributed by atoms with Crippen molar-refractivity contribution in [3.63, 3.8) is 0 Å². The van der Waals surface area contributed by atoms with Crippen molar-refractivity contribution in [3.8, 4) is 0 Å². The van der Waals surface area contributed by atoms with Gasteiger partial charge in [0.1, 0.15) is 0 Å². The summed E-state index contributed by atoms with van der Waals surface area (Å²) in [4.78, 5) is 2.41. The molecule has 0 saturated carbocycles. The number of aliphatic hydroxyl groups excluding tert-OH is 1. The third kappa shape index (κ3) is 3.18. The SMILES string of the molecule is CC(c1ccc(Cl)c(Cl)c1)N1CCCC(CO)C1. The molecule has 0 radical (unpaired) electrons. The molecule has 1 aliphatic heterocycles. The number of halogens is 2. The molecule has 2 rings (SSSR count). The van der Waals surface area contributed by atoms with E-state index in [2.05, 4.69) is 11.8 Å². The van der Waals surface area contributed by atoms with Gasteiger partial charge in [0.05, 0.1) is 10.0 Å². The van der Waals surface area contributed by atoms with E-state index in [1.165, 1.54) is 5.56 Å². The molecule has 18 heavy (non-hydrogen) atoms. The molecule has 1 aromatic rings. The van der Waals surface area contributed by atoms with Crippen molar-refractivity contribution >= 4 is 23.2 Å². The smallest absolute Gasteiger partial charge is 0.0595 e. The molecule has 1 N–H and O–H groups in total. The minimum absolute atomic E-state index is 0.282. The molecule has 2 unspecified atom stereocenters. The summed E-state index contributed by atoms with van der Waals surface area (Å²) in [6, 6.07) is 6.14. The highest BCUT2D eigenvalue weighted by Gasteiger charge is 2.24. The van der Waals surface area contributed by atoms with Crippen LogP contribution in [0.15, 0.2) is 18.2 Å². The van der Waals surface area contributed by atoms with Crippen LogP contribution < -0.4 is 0 Å². The first-order valence-electron chi connectivity index (χ1n) is 6.41. The summed E-state index contributed by atoms with van der Waals surface area (Å²) < 4.78 is 0. The second kappa shape index (κ2) is 6.25. The average molecular weight is 288 g/mol. The molecule has 0 spiro atoms. The van der Waals surface area contributed by atoms with Crippen LogP contribution in [0.4, 0.5) is 0 Å². The molecule has 2 atom stereocenters. The topological polar surface area (TPSA) is 23.5 Å². The fraction of sp³-hybridized carbons (Fsp3) is 0.571. The Morgan fingerprint density at radius 2 is 2.17 bits per heavy atom. The normalized spacial score (nSPS) is 23.0. The minimum Gasteiger partial charge on any atom is -0.396 e. The van der Waals surface area contributed by atoms with Gasteiger partial charge in [-0.3, -0.25) is 4.90 Å². The van der Waals surface area contributed by atoms with Gasteiger partial charge in [0.15, 0.2) is 0 Å². The zero-order valence-corrected chi connectivity index (χ0v) is 12.1. The third-order valence-corrected chi connectivity index (χ3v) is 4.52. The number of piperidine rings is 1. The first-order valence-corrected chi connectivity index (χ1v) is 7.17. The highest BCUT2D eigenvalue weighted by atomic mass is 35.5. The Balaban J connectivity index is 2.10. The molecule has 4 heteroatoms. The van der Waals surface area contributed by atoms with Crippen molar-refractivity contribution in [1.29, 1.82) is 0 Å². The van der Waals surface area contributed by atoms with Gasteiger partial charge in [-0.05, 0) is 49.9 Å². The predicted octanol–water partition coefficient (Wildman–Crippen LogP) is 3.76. The Bertz CT molecular complexity index is 411. The van der Waals surface area contributed by atoms with E-state index in [0.717, 1.165) is 25.9 Å². The van der Waals surface area contributed by atoms with E-state index >= 15 is 0 Å². The second-order valence-electron chi connectivity index (χ2n) is 5.04. The number of hydrogen-bond donors (Lipinski definition) is 1. The van der Waals surface area contributed by atoms with E-state index in [0.29, 0.717) is 22.0 Å². The van der Waals surface area contributed by atoms with Crippen LogP contribution in [0.25, 0.3) is 0 Å². The molecule has 1 saturated heterocycles. The Hall–Kier alpha value is -0.280. The predicted molar refractivity (Wildman–Crippen MR) is 76.3 cm³/mol. The lowest BCUT2D eigenvalue weighted by molar-refractivity contribution is 0.0936. The molecule has 0 amide bonds. The van der Waals surface area contributed by atoms with Gasteiger partial charge in [-0.25, -0.2) is 0 Å². The van der Waals surface area contributed by atoms with Gasteiger partial charge in [0.2, 0.25) is 0 Å². The van der Waals surface area contributed by atoms with Crippen LogP contribution in [0.1, 0.15) is 31.4 Å². The van der Waals surface area contributed by atoms with E-state index in [-0.39, 0.29) is 6.61 Å². The van der Waals surface area contributed by atoms with Crippen LogP contribution in [0.2, 0.25) is 10.0 Å². The average Bonchev–Trinajstić information content (AvgIpc) is 2.41. The number of nitrogens with zero attached hydrogens (tertiary/aromatic N) is 1. The Morgan fingerprint density at radius 1 is 1.39 bits per heavy atom. The minimum atomic E-state index is 0.282. The zero-order valence-electron chi connectivity index (χ0n) is 10.6. The van der Waals surface area contributed by atoms with Gasteiger partial charge in [-0.1, -0.05) is 29.3 Å². The van der Waals surface area contributed by atoms with Crippen LogP contribution in [0.3, 0.4) is 0 Å². The van der Waals surface area contributed by atoms with Gasteiger partial charge in [0.25, 0.3) is 0 Å². The summed E-state index contributed by atoms with van der Waals surface area (Å²) in [6.07, 6.45) is 2.28. The van der Waals surface area contributed by atoms with Gasteiger partial charge < -0.3 is 5.11 Å². The Kier molecular flexibility index (Phi) is 4.91. The summed E-state index contributed by atoms with van der Waals surface area (Å²) >= 11 is 12.0. The summed E-state index contributed by atoms with van der Waals surface area (Å²) in [5.74, 6) is 0.406. The van der Waals surface area contributed by atoms with Crippen LogP contribution in [0, 0.1) is 5.92 Å². The molecule has 2 nitrogen and oxygen atoms in total. The van der Waals surface area contributed by atoms with Crippen LogP contribution >= 0.6 is 23.2 Å². The largest absolute Gasteiger partial charge is 0.396 e. The summed E-state index contributed by atoms with van der Waals surface area (Å²) in [7, 11) is 0. The van der Waals surface area contributed by atoms with Gasteiger partial charge >= 0.3 is 0 Å². The molecular weight excluding hydrogens is 269 g/mol. The van der Waals surface area contributed by atoms with Crippen molar-refractivity contribution < 1.29 is 5.11 Å². The number of aliphatic hydroxyl groups is 1. The van der Waals surface area contributed by atoms with E-state index < -0.39 is 0 Å². The van der Waals surface area contributed by atoms with Gasteiger partial charge in [0, 0.05) is 19.2 Å². The van der Waals surface area contributed by atoms with Crippen molar-refractivity contribution in [2.75, 3.05) is 19.7 Å². The number of hydrogen-bond acceptors (Lipinski definition) is 2. The van der Waals surface area contributed by atoms with Crippen molar-refractivity contribution in [3.05, 3.63) is 33.8 Å². The quantitative estimate of drug-likeness (QED) is 0.915. The van der Waals surface area contributed by atoms with Crippen LogP contribution in [-0.2, 0) is 0 Å². The highest BCUT2D eigenvalue weighted by molar-refractivity contribution is 6.42. The van der Waals surface area contributed by atoms with E-state index in [1.807, 2.05) is 18.2 Å². The monoisotopic (exact) mass is 287 g/mol. The third-order valence-electron chi connectivity index (χ3n) is 3.78. The van der Waals surface area contributed by atoms with Crippen LogP contribution in [-0.4, -0.2) is 29.7 Å². The second-order valence-corrected chi connectivity index (χ2v) is 5.85. The fourth-order valence-corrected chi connectivity index (χ4v) is 2.89. The van der Waals surface area contributed by atoms with Gasteiger partial charge in [-0.2, -0.15) is 0 Å². The van der Waals surface area contributed by atoms with Crippen molar-refractivity contribution in [2.45, 2.75) is 25.8 Å². The van der Waals surface area contributed by atoms with E-state index in [4.69, 9.17) is 23.2 Å². The summed E-state index contributed by atoms with van der Waals surface area (Å²) in [5.41, 5.74) is 1.18. The standard InChI is InChI=1S/C14H19Cl2NO/c1-10(12-4-5-13(15)14(16)7-12)17-6-2-3-11(8-17)9-18/h4-5,7,10-11,18H,2-3,6,8-9H2,1H3. The van der Waals surface area contributed by atoms with Gasteiger partial charge in [-0.15, -0.1) is 0 Å². The summed E-state index contributed by atoms with van der Waals surface area (Å²) in [6.45, 7) is 4.50. The highest BCUT2D eigenvalue weighted by Crippen LogP contribution is 2.30. The van der Waals surface area contributed by atoms with Crippen molar-refractivity contribution in [2.24, 2.45) is 5.92 Å². The molecule has 0 aromatic heterocycles. The Morgan fingerprint density at radius 3 is 2.83 bits per heavy atom. The molecule has 0 bridgehead atoms. The lowest BCUT2D eigenvalue weighted by Crippen LogP contribution is -2.38. The first kappa shape index (κ1) is 14.1. The summed E-state index contributed by atoms with van der Waals surface area (Å²) in [5, 5.41) is 10.5. The zero-order chi connectivity index (χ0) is 13.1. The van der Waals surface area contributed by atoms with E-state index in [1.54, 1.807) is 0 Å². The lowest BCUT2D eigenvalue weighted by atomic mass is 9.96. The first-order chi connectivity index (χ1) is 8.61. The maximum absolute atomic E-state index is 9.28. The molecule has 0 aliphatic carbocycles. The van der Waals surface area contributed by atoms with Crippen LogP contribution in [0.5, 0.6) is 0 Å². The van der Waals surface area contributed by atoms with Crippen molar-refractivity contribution in [1.82, 2.24) is 4.90 Å². The lowest BCUT2D eigenvalue weighted by Gasteiger charge is -2.36. The fourth-order valence-electron chi connectivity index (χ4n) is 2.58. The maximum Gasteiger partial charge on any atom is 0.0595 e. The number of benzene rings is 1. The number of likely N-dealkylation sites (tertiary alicyclic amines) is 1. The molecular formula is C14H19Cl2NO. The molecule has 1 heterocycles. The number of rotatable bonds is 3. The molecule has 1 fully saturated rings. The Labute approximate surface area is 119 Å². The maximum atomic E-state index is 9.28.